The Morgan fingerprint density at radius 1 is 1.32 bits per heavy atom. The zero-order valence-electron chi connectivity index (χ0n) is 17.8. The van der Waals surface area contributed by atoms with Crippen LogP contribution in [-0.2, 0) is 16.1 Å². The second kappa shape index (κ2) is 8.27. The number of ether oxygens (including phenoxy) is 1. The second-order valence-corrected chi connectivity index (χ2v) is 10.7. The van der Waals surface area contributed by atoms with E-state index in [4.69, 9.17) is 33.7 Å². The van der Waals surface area contributed by atoms with E-state index < -0.39 is 5.60 Å². The highest BCUT2D eigenvalue weighted by atomic mass is 35.5. The number of amidine groups is 1. The molecule has 0 aromatic heterocycles. The Morgan fingerprint density at radius 2 is 2.00 bits per heavy atom. The van der Waals surface area contributed by atoms with Crippen LogP contribution in [0.15, 0.2) is 23.2 Å². The van der Waals surface area contributed by atoms with Gasteiger partial charge in [-0.3, -0.25) is 4.79 Å². The molecular weight excluding hydrogens is 435 g/mol. The summed E-state index contributed by atoms with van der Waals surface area (Å²) >= 11 is 12.3. The molecule has 1 aromatic rings. The predicted octanol–water partition coefficient (Wildman–Crippen LogP) is 4.44. The van der Waals surface area contributed by atoms with Gasteiger partial charge in [0.05, 0.1) is 6.61 Å². The molecule has 3 N–H and O–H groups in total. The third-order valence-corrected chi connectivity index (χ3v) is 8.02. The molecule has 0 spiro atoms. The highest BCUT2D eigenvalue weighted by Crippen LogP contribution is 2.60. The largest absolute Gasteiger partial charge is 0.369 e. The lowest BCUT2D eigenvalue weighted by molar-refractivity contribution is -0.145. The molecular formula is C23H28Cl2N4O2. The van der Waals surface area contributed by atoms with Crippen LogP contribution in [0.25, 0.3) is 0 Å². The van der Waals surface area contributed by atoms with Gasteiger partial charge < -0.3 is 15.8 Å². The van der Waals surface area contributed by atoms with Gasteiger partial charge in [0.15, 0.2) is 0 Å². The fraction of sp³-hybridized carbons (Fsp3) is 0.609. The van der Waals surface area contributed by atoms with Crippen LogP contribution in [-0.4, -0.2) is 23.4 Å². The molecule has 0 saturated heterocycles. The molecule has 4 aliphatic rings. The van der Waals surface area contributed by atoms with Crippen molar-refractivity contribution >= 4 is 34.9 Å². The van der Waals surface area contributed by atoms with Gasteiger partial charge in [-0.15, -0.1) is 0 Å². The number of primary amides is 1. The summed E-state index contributed by atoms with van der Waals surface area (Å²) in [6.07, 6.45) is 6.65. The van der Waals surface area contributed by atoms with Crippen molar-refractivity contribution in [2.45, 2.75) is 64.2 Å². The second-order valence-electron chi connectivity index (χ2n) is 9.88. The molecule has 2 unspecified atom stereocenters. The number of nitriles is 1. The number of aliphatic imine (C=N–C) groups is 1. The van der Waals surface area contributed by atoms with Crippen molar-refractivity contribution in [3.8, 4) is 6.19 Å². The van der Waals surface area contributed by atoms with Crippen LogP contribution in [0.4, 0.5) is 0 Å². The molecule has 6 nitrogen and oxygen atoms in total. The van der Waals surface area contributed by atoms with Gasteiger partial charge in [-0.1, -0.05) is 29.3 Å². The van der Waals surface area contributed by atoms with Crippen LogP contribution in [0.2, 0.25) is 10.0 Å². The Bertz CT molecular complexity index is 939. The monoisotopic (exact) mass is 462 g/mol. The quantitative estimate of drug-likeness (QED) is 0.370. The molecule has 4 bridgehead atoms. The zero-order valence-corrected chi connectivity index (χ0v) is 19.3. The number of benzene rings is 1. The van der Waals surface area contributed by atoms with Gasteiger partial charge in [-0.05, 0) is 81.4 Å². The molecule has 4 fully saturated rings. The first kappa shape index (κ1) is 22.4. The van der Waals surface area contributed by atoms with Crippen molar-refractivity contribution < 1.29 is 9.53 Å². The highest BCUT2D eigenvalue weighted by Gasteiger charge is 2.58. The van der Waals surface area contributed by atoms with Crippen molar-refractivity contribution in [1.29, 1.82) is 5.26 Å². The van der Waals surface area contributed by atoms with Crippen molar-refractivity contribution in [3.05, 3.63) is 33.8 Å². The Labute approximate surface area is 193 Å². The lowest BCUT2D eigenvalue weighted by atomic mass is 9.47. The van der Waals surface area contributed by atoms with E-state index in [-0.39, 0.29) is 24.0 Å². The average Bonchev–Trinajstić information content (AvgIpc) is 2.68. The number of nitrogens with one attached hydrogen (secondary N) is 1. The smallest absolute Gasteiger partial charge is 0.223 e. The van der Waals surface area contributed by atoms with E-state index in [0.29, 0.717) is 33.6 Å². The fourth-order valence-corrected chi connectivity index (χ4v) is 6.54. The zero-order chi connectivity index (χ0) is 22.4. The molecule has 2 atom stereocenters. The van der Waals surface area contributed by atoms with Crippen LogP contribution in [0, 0.1) is 34.6 Å². The van der Waals surface area contributed by atoms with Crippen molar-refractivity contribution in [3.63, 3.8) is 0 Å². The van der Waals surface area contributed by atoms with Crippen LogP contribution in [0.1, 0.15) is 51.5 Å². The lowest BCUT2D eigenvalue weighted by Gasteiger charge is -2.59. The molecule has 0 aliphatic heterocycles. The first-order valence-electron chi connectivity index (χ1n) is 10.7. The summed E-state index contributed by atoms with van der Waals surface area (Å²) in [6.45, 7) is 4.04. The summed E-state index contributed by atoms with van der Waals surface area (Å²) in [7, 11) is 0. The number of hydrogen-bond acceptors (Lipinski definition) is 4. The maximum absolute atomic E-state index is 12.2. The maximum atomic E-state index is 12.2. The SMILES string of the molecule is CC(C)(OCc1ccc(Cl)cc1Cl)/C(=N\C#N)NC1C2CC3CC1CC(C(N)=O)(C3)C2. The number of halogens is 2. The summed E-state index contributed by atoms with van der Waals surface area (Å²) in [5.74, 6) is 1.62. The van der Waals surface area contributed by atoms with Gasteiger partial charge >= 0.3 is 0 Å². The number of nitrogens with zero attached hydrogens (tertiary/aromatic N) is 2. The minimum Gasteiger partial charge on any atom is -0.369 e. The topological polar surface area (TPSA) is 100 Å². The van der Waals surface area contributed by atoms with Crippen LogP contribution < -0.4 is 11.1 Å². The lowest BCUT2D eigenvalue weighted by Crippen LogP contribution is -2.63. The van der Waals surface area contributed by atoms with Crippen molar-refractivity contribution in [2.75, 3.05) is 0 Å². The van der Waals surface area contributed by atoms with E-state index in [9.17, 15) is 10.1 Å². The van der Waals surface area contributed by atoms with Crippen molar-refractivity contribution in [2.24, 2.45) is 33.9 Å². The normalized spacial score (nSPS) is 32.0. The third-order valence-electron chi connectivity index (χ3n) is 7.43. The van der Waals surface area contributed by atoms with Gasteiger partial charge in [0, 0.05) is 21.5 Å². The fourth-order valence-electron chi connectivity index (χ4n) is 6.08. The van der Waals surface area contributed by atoms with Gasteiger partial charge in [-0.2, -0.15) is 10.3 Å². The van der Waals surface area contributed by atoms with Gasteiger partial charge in [0.25, 0.3) is 0 Å². The summed E-state index contributed by atoms with van der Waals surface area (Å²) in [6, 6.07) is 5.44. The number of hydrogen-bond donors (Lipinski definition) is 2. The molecule has 4 aliphatic carbocycles. The summed E-state index contributed by atoms with van der Waals surface area (Å²) < 4.78 is 6.16. The summed E-state index contributed by atoms with van der Waals surface area (Å²) in [5, 5.41) is 14.0. The Kier molecular flexibility index (Phi) is 5.97. The maximum Gasteiger partial charge on any atom is 0.223 e. The summed E-state index contributed by atoms with van der Waals surface area (Å²) in [5.41, 5.74) is 5.45. The van der Waals surface area contributed by atoms with Crippen LogP contribution in [0.3, 0.4) is 0 Å². The Morgan fingerprint density at radius 3 is 2.58 bits per heavy atom. The summed E-state index contributed by atoms with van der Waals surface area (Å²) in [4.78, 5) is 16.3. The number of carbonyl (C=O) groups excluding carboxylic acids is 1. The number of amides is 1. The molecule has 0 heterocycles. The number of carbonyl (C=O) groups is 1. The minimum atomic E-state index is -0.825. The number of rotatable bonds is 6. The van der Waals surface area contributed by atoms with E-state index in [1.165, 1.54) is 0 Å². The third kappa shape index (κ3) is 4.28. The van der Waals surface area contributed by atoms with Crippen molar-refractivity contribution in [1.82, 2.24) is 5.32 Å². The van der Waals surface area contributed by atoms with E-state index in [0.717, 1.165) is 37.7 Å². The molecule has 0 radical (unpaired) electrons. The van der Waals surface area contributed by atoms with E-state index in [2.05, 4.69) is 10.3 Å². The highest BCUT2D eigenvalue weighted by molar-refractivity contribution is 6.35. The Hall–Kier alpha value is -1.81. The average molecular weight is 463 g/mol. The van der Waals surface area contributed by atoms with Gasteiger partial charge in [0.2, 0.25) is 12.1 Å². The predicted molar refractivity (Wildman–Crippen MR) is 120 cm³/mol. The van der Waals surface area contributed by atoms with E-state index >= 15 is 0 Å². The van der Waals surface area contributed by atoms with Gasteiger partial charge in [0.1, 0.15) is 11.4 Å². The number of nitrogens with two attached hydrogens (primary N) is 1. The van der Waals surface area contributed by atoms with Crippen LogP contribution >= 0.6 is 23.2 Å². The van der Waals surface area contributed by atoms with E-state index in [1.54, 1.807) is 12.1 Å². The Balaban J connectivity index is 1.49. The molecule has 4 saturated carbocycles. The van der Waals surface area contributed by atoms with E-state index in [1.807, 2.05) is 26.1 Å². The molecule has 1 aromatic carbocycles. The first-order valence-corrected chi connectivity index (χ1v) is 11.5. The molecule has 1 amide bonds. The molecule has 166 valence electrons. The van der Waals surface area contributed by atoms with Gasteiger partial charge in [-0.25, -0.2) is 0 Å². The standard InChI is InChI=1S/C23H28Cl2N4O2/c1-22(2,31-11-14-3-4-17(24)7-18(14)25)21(28-12-26)29-19-15-5-13-6-16(19)10-23(8-13,9-15)20(27)30/h3-4,7,13,15-16,19H,5-6,8-11H2,1-2H3,(H2,27,30)(H,28,29). The minimum absolute atomic E-state index is 0.153. The molecule has 8 heteroatoms. The molecule has 5 rings (SSSR count). The van der Waals surface area contributed by atoms with Crippen LogP contribution in [0.5, 0.6) is 0 Å². The molecule has 31 heavy (non-hydrogen) atoms. The first-order chi connectivity index (χ1) is 14.6.